The van der Waals surface area contributed by atoms with Crippen LogP contribution in [0.4, 0.5) is 27.9 Å². The maximum absolute atomic E-state index is 13.3. The van der Waals surface area contributed by atoms with E-state index in [4.69, 9.17) is 0 Å². The Labute approximate surface area is 138 Å². The highest BCUT2D eigenvalue weighted by Crippen LogP contribution is 2.28. The fourth-order valence-corrected chi connectivity index (χ4v) is 2.05. The molecule has 9 heteroatoms. The third-order valence-electron chi connectivity index (χ3n) is 3.32. The van der Waals surface area contributed by atoms with Gasteiger partial charge < -0.3 is 10.2 Å². The molecule has 2 rings (SSSR count). The van der Waals surface area contributed by atoms with Gasteiger partial charge in [-0.1, -0.05) is 33.1 Å². The molecule has 0 atom stereocenters. The van der Waals surface area contributed by atoms with Crippen LogP contribution in [0.5, 0.6) is 0 Å². The first-order valence-electron chi connectivity index (χ1n) is 7.92. The van der Waals surface area contributed by atoms with Crippen LogP contribution in [0, 0.1) is 0 Å². The molecule has 0 aromatic carbocycles. The number of rotatable bonds is 3. The monoisotopic (exact) mass is 354 g/mol. The van der Waals surface area contributed by atoms with Crippen molar-refractivity contribution in [2.45, 2.75) is 45.2 Å². The SMILES string of the molecule is CCCCC.FC1(F)CNCCN(c2ncc(C(F)(F)F)cn2)C1. The minimum atomic E-state index is -4.54. The first-order chi connectivity index (χ1) is 11.2. The summed E-state index contributed by atoms with van der Waals surface area (Å²) < 4.78 is 63.6. The maximum atomic E-state index is 13.3. The standard InChI is InChI=1S/C10H11F5N4.C5H12/c11-9(12)5-16-1-2-19(6-9)8-17-3-7(4-18-8)10(13,14)15;1-3-5-4-2/h3-4,16H,1-2,5-6H2;3-5H2,1-2H3. The summed E-state index contributed by atoms with van der Waals surface area (Å²) in [5.41, 5.74) is -1.00. The van der Waals surface area contributed by atoms with Crippen molar-refractivity contribution in [1.29, 1.82) is 0 Å². The third kappa shape index (κ3) is 6.94. The molecular formula is C15H23F5N4. The van der Waals surface area contributed by atoms with Crippen molar-refractivity contribution in [2.24, 2.45) is 0 Å². The van der Waals surface area contributed by atoms with Gasteiger partial charge in [0.15, 0.2) is 0 Å². The highest BCUT2D eigenvalue weighted by Gasteiger charge is 2.35. The molecule has 0 saturated carbocycles. The lowest BCUT2D eigenvalue weighted by Gasteiger charge is -2.23. The van der Waals surface area contributed by atoms with Crippen LogP contribution in [0.3, 0.4) is 0 Å². The molecule has 2 heterocycles. The molecule has 138 valence electrons. The number of hydrogen-bond donors (Lipinski definition) is 1. The lowest BCUT2D eigenvalue weighted by Crippen LogP contribution is -2.39. The molecule has 0 aliphatic carbocycles. The van der Waals surface area contributed by atoms with Crippen molar-refractivity contribution in [3.8, 4) is 0 Å². The molecule has 0 unspecified atom stereocenters. The predicted octanol–water partition coefficient (Wildman–Crippen LogP) is 3.74. The highest BCUT2D eigenvalue weighted by atomic mass is 19.4. The molecule has 1 N–H and O–H groups in total. The Morgan fingerprint density at radius 3 is 2.21 bits per heavy atom. The molecule has 0 amide bonds. The molecule has 0 spiro atoms. The quantitative estimate of drug-likeness (QED) is 0.840. The minimum absolute atomic E-state index is 0.128. The molecule has 1 aromatic heterocycles. The number of anilines is 1. The summed E-state index contributed by atoms with van der Waals surface area (Å²) in [4.78, 5) is 8.19. The van der Waals surface area contributed by atoms with E-state index in [9.17, 15) is 22.0 Å². The third-order valence-corrected chi connectivity index (χ3v) is 3.32. The van der Waals surface area contributed by atoms with Gasteiger partial charge in [-0.2, -0.15) is 13.2 Å². The molecular weight excluding hydrogens is 331 g/mol. The van der Waals surface area contributed by atoms with Gasteiger partial charge in [-0.25, -0.2) is 18.7 Å². The van der Waals surface area contributed by atoms with Crippen molar-refractivity contribution in [1.82, 2.24) is 15.3 Å². The Bertz CT molecular complexity index is 474. The summed E-state index contributed by atoms with van der Waals surface area (Å²) in [5.74, 6) is -3.10. The Hall–Kier alpha value is -1.51. The molecule has 1 aromatic rings. The van der Waals surface area contributed by atoms with Gasteiger partial charge in [-0.05, 0) is 0 Å². The average molecular weight is 354 g/mol. The van der Waals surface area contributed by atoms with Crippen LogP contribution in [0.15, 0.2) is 12.4 Å². The lowest BCUT2D eigenvalue weighted by molar-refractivity contribution is -0.138. The number of nitrogens with zero attached hydrogens (tertiary/aromatic N) is 3. The highest BCUT2D eigenvalue weighted by molar-refractivity contribution is 5.31. The van der Waals surface area contributed by atoms with E-state index in [1.807, 2.05) is 0 Å². The molecule has 4 nitrogen and oxygen atoms in total. The fraction of sp³-hybridized carbons (Fsp3) is 0.733. The normalized spacial score (nSPS) is 17.7. The fourth-order valence-electron chi connectivity index (χ4n) is 2.05. The van der Waals surface area contributed by atoms with Gasteiger partial charge in [0.1, 0.15) is 0 Å². The van der Waals surface area contributed by atoms with E-state index in [1.54, 1.807) is 0 Å². The first-order valence-corrected chi connectivity index (χ1v) is 7.92. The second-order valence-corrected chi connectivity index (χ2v) is 5.58. The smallest absolute Gasteiger partial charge is 0.333 e. The van der Waals surface area contributed by atoms with Crippen LogP contribution in [-0.4, -0.2) is 42.1 Å². The number of aromatic nitrogens is 2. The van der Waals surface area contributed by atoms with Crippen LogP contribution < -0.4 is 10.2 Å². The van der Waals surface area contributed by atoms with E-state index in [0.29, 0.717) is 18.9 Å². The van der Waals surface area contributed by atoms with Crippen LogP contribution in [-0.2, 0) is 6.18 Å². The Kier molecular flexibility index (Phi) is 7.78. The Morgan fingerprint density at radius 1 is 1.17 bits per heavy atom. The molecule has 1 fully saturated rings. The van der Waals surface area contributed by atoms with Gasteiger partial charge in [-0.15, -0.1) is 0 Å². The van der Waals surface area contributed by atoms with Gasteiger partial charge in [0.2, 0.25) is 5.95 Å². The zero-order valence-electron chi connectivity index (χ0n) is 13.8. The number of halogens is 5. The number of hydrogen-bond acceptors (Lipinski definition) is 4. The van der Waals surface area contributed by atoms with Gasteiger partial charge in [0, 0.05) is 25.5 Å². The summed E-state index contributed by atoms with van der Waals surface area (Å²) in [6, 6.07) is 0. The molecule has 1 aliphatic heterocycles. The summed E-state index contributed by atoms with van der Waals surface area (Å²) in [6.45, 7) is 3.84. The van der Waals surface area contributed by atoms with Gasteiger partial charge in [0.25, 0.3) is 5.92 Å². The predicted molar refractivity (Wildman–Crippen MR) is 82.3 cm³/mol. The van der Waals surface area contributed by atoms with E-state index in [0.717, 1.165) is 0 Å². The number of nitrogens with one attached hydrogen (secondary N) is 1. The lowest BCUT2D eigenvalue weighted by atomic mass is 10.3. The van der Waals surface area contributed by atoms with E-state index < -0.39 is 30.8 Å². The maximum Gasteiger partial charge on any atom is 0.419 e. The van der Waals surface area contributed by atoms with E-state index in [-0.39, 0.29) is 12.5 Å². The van der Waals surface area contributed by atoms with Crippen molar-refractivity contribution in [3.05, 3.63) is 18.0 Å². The van der Waals surface area contributed by atoms with Crippen LogP contribution in [0.1, 0.15) is 38.7 Å². The van der Waals surface area contributed by atoms with Gasteiger partial charge in [-0.3, -0.25) is 0 Å². The Balaban J connectivity index is 0.000000505. The van der Waals surface area contributed by atoms with E-state index in [1.165, 1.54) is 24.2 Å². The Morgan fingerprint density at radius 2 is 1.75 bits per heavy atom. The first kappa shape index (κ1) is 20.5. The zero-order chi connectivity index (χ0) is 18.2. The van der Waals surface area contributed by atoms with E-state index in [2.05, 4.69) is 29.1 Å². The molecule has 1 saturated heterocycles. The van der Waals surface area contributed by atoms with Crippen LogP contribution in [0.2, 0.25) is 0 Å². The number of unbranched alkanes of at least 4 members (excludes halogenated alkanes) is 2. The van der Waals surface area contributed by atoms with Gasteiger partial charge >= 0.3 is 6.18 Å². The second kappa shape index (κ2) is 9.10. The summed E-state index contributed by atoms with van der Waals surface area (Å²) in [6.07, 6.45) is 0.730. The topological polar surface area (TPSA) is 41.0 Å². The molecule has 24 heavy (non-hydrogen) atoms. The number of alkyl halides is 5. The summed E-state index contributed by atoms with van der Waals surface area (Å²) in [7, 11) is 0. The van der Waals surface area contributed by atoms with Crippen LogP contribution >= 0.6 is 0 Å². The van der Waals surface area contributed by atoms with Crippen LogP contribution in [0.25, 0.3) is 0 Å². The van der Waals surface area contributed by atoms with Crippen molar-refractivity contribution in [2.75, 3.05) is 31.1 Å². The second-order valence-electron chi connectivity index (χ2n) is 5.58. The largest absolute Gasteiger partial charge is 0.419 e. The van der Waals surface area contributed by atoms with E-state index >= 15 is 0 Å². The summed E-state index contributed by atoms with van der Waals surface area (Å²) in [5, 5.41) is 2.55. The van der Waals surface area contributed by atoms with Crippen molar-refractivity contribution in [3.63, 3.8) is 0 Å². The average Bonchev–Trinajstić information content (AvgIpc) is 2.69. The van der Waals surface area contributed by atoms with Crippen molar-refractivity contribution >= 4 is 5.95 Å². The minimum Gasteiger partial charge on any atom is -0.333 e. The molecule has 0 bridgehead atoms. The van der Waals surface area contributed by atoms with Gasteiger partial charge in [0.05, 0.1) is 18.7 Å². The van der Waals surface area contributed by atoms with Crippen molar-refractivity contribution < 1.29 is 22.0 Å². The summed E-state index contributed by atoms with van der Waals surface area (Å²) >= 11 is 0. The molecule has 0 radical (unpaired) electrons. The molecule has 1 aliphatic rings. The zero-order valence-corrected chi connectivity index (χ0v) is 13.8.